The van der Waals surface area contributed by atoms with Crippen molar-refractivity contribution in [3.05, 3.63) is 52.3 Å². The van der Waals surface area contributed by atoms with E-state index >= 15 is 0 Å². The molecule has 106 valence electrons. The standard InChI is InChI=1S/C16H19BrN2O/c1-3-6-18-9-13-7-15(11-19-10-13)20-16-8-14(17)5-4-12(16)2/h4-5,7-8,10-11,18H,3,6,9H2,1-2H3. The van der Waals surface area contributed by atoms with Crippen LogP contribution in [0, 0.1) is 6.92 Å². The van der Waals surface area contributed by atoms with E-state index in [4.69, 9.17) is 4.74 Å². The number of halogens is 1. The maximum Gasteiger partial charge on any atom is 0.146 e. The summed E-state index contributed by atoms with van der Waals surface area (Å²) < 4.78 is 6.92. The molecule has 1 N–H and O–H groups in total. The minimum Gasteiger partial charge on any atom is -0.455 e. The Balaban J connectivity index is 2.09. The van der Waals surface area contributed by atoms with Crippen LogP contribution in [0.4, 0.5) is 0 Å². The molecule has 0 fully saturated rings. The van der Waals surface area contributed by atoms with E-state index in [1.807, 2.05) is 37.4 Å². The minimum absolute atomic E-state index is 0.766. The molecule has 0 saturated heterocycles. The van der Waals surface area contributed by atoms with Crippen LogP contribution < -0.4 is 10.1 Å². The lowest BCUT2D eigenvalue weighted by molar-refractivity contribution is 0.475. The third-order valence-electron chi connectivity index (χ3n) is 2.90. The lowest BCUT2D eigenvalue weighted by atomic mass is 10.2. The number of rotatable bonds is 6. The fourth-order valence-electron chi connectivity index (χ4n) is 1.84. The number of benzene rings is 1. The molecule has 20 heavy (non-hydrogen) atoms. The molecule has 0 amide bonds. The number of pyridine rings is 1. The average molecular weight is 335 g/mol. The summed E-state index contributed by atoms with van der Waals surface area (Å²) in [5, 5.41) is 3.36. The molecule has 2 rings (SSSR count). The molecule has 0 aliphatic carbocycles. The van der Waals surface area contributed by atoms with Gasteiger partial charge in [-0.2, -0.15) is 0 Å². The molecule has 0 bridgehead atoms. The van der Waals surface area contributed by atoms with Crippen molar-refractivity contribution < 1.29 is 4.74 Å². The van der Waals surface area contributed by atoms with Crippen molar-refractivity contribution in [1.82, 2.24) is 10.3 Å². The van der Waals surface area contributed by atoms with E-state index in [1.165, 1.54) is 0 Å². The molecule has 1 heterocycles. The van der Waals surface area contributed by atoms with Crippen LogP contribution in [-0.4, -0.2) is 11.5 Å². The fraction of sp³-hybridized carbons (Fsp3) is 0.312. The van der Waals surface area contributed by atoms with Gasteiger partial charge in [0.2, 0.25) is 0 Å². The zero-order chi connectivity index (χ0) is 14.4. The first-order chi connectivity index (χ1) is 9.69. The van der Waals surface area contributed by atoms with E-state index in [0.29, 0.717) is 0 Å². The maximum atomic E-state index is 5.92. The highest BCUT2D eigenvalue weighted by atomic mass is 79.9. The summed E-state index contributed by atoms with van der Waals surface area (Å²) in [6.07, 6.45) is 4.73. The lowest BCUT2D eigenvalue weighted by Crippen LogP contribution is -2.13. The lowest BCUT2D eigenvalue weighted by Gasteiger charge is -2.10. The van der Waals surface area contributed by atoms with Gasteiger partial charge in [0.05, 0.1) is 6.20 Å². The zero-order valence-electron chi connectivity index (χ0n) is 11.8. The van der Waals surface area contributed by atoms with Crippen LogP contribution in [0.25, 0.3) is 0 Å². The van der Waals surface area contributed by atoms with E-state index in [1.54, 1.807) is 6.20 Å². The molecule has 0 spiro atoms. The van der Waals surface area contributed by atoms with Gasteiger partial charge in [-0.1, -0.05) is 28.9 Å². The quantitative estimate of drug-likeness (QED) is 0.792. The normalized spacial score (nSPS) is 10.6. The maximum absolute atomic E-state index is 5.92. The minimum atomic E-state index is 0.766. The number of nitrogens with zero attached hydrogens (tertiary/aromatic N) is 1. The second kappa shape index (κ2) is 7.41. The van der Waals surface area contributed by atoms with Crippen LogP contribution in [0.5, 0.6) is 11.5 Å². The number of aryl methyl sites for hydroxylation is 1. The van der Waals surface area contributed by atoms with Crippen molar-refractivity contribution in [2.75, 3.05) is 6.54 Å². The highest BCUT2D eigenvalue weighted by Crippen LogP contribution is 2.28. The van der Waals surface area contributed by atoms with E-state index in [9.17, 15) is 0 Å². The van der Waals surface area contributed by atoms with Crippen molar-refractivity contribution >= 4 is 15.9 Å². The molecular formula is C16H19BrN2O. The van der Waals surface area contributed by atoms with Gasteiger partial charge < -0.3 is 10.1 Å². The van der Waals surface area contributed by atoms with Crippen LogP contribution in [0.1, 0.15) is 24.5 Å². The fourth-order valence-corrected chi connectivity index (χ4v) is 2.18. The van der Waals surface area contributed by atoms with Crippen LogP contribution in [-0.2, 0) is 6.54 Å². The number of hydrogen-bond donors (Lipinski definition) is 1. The second-order valence-corrected chi connectivity index (χ2v) is 5.63. The van der Waals surface area contributed by atoms with Gasteiger partial charge in [-0.25, -0.2) is 0 Å². The van der Waals surface area contributed by atoms with E-state index in [2.05, 4.69) is 33.2 Å². The summed E-state index contributed by atoms with van der Waals surface area (Å²) in [6, 6.07) is 8.03. The van der Waals surface area contributed by atoms with Gasteiger partial charge in [-0.05, 0) is 49.2 Å². The summed E-state index contributed by atoms with van der Waals surface area (Å²) in [5.74, 6) is 1.61. The molecule has 0 unspecified atom stereocenters. The Kier molecular flexibility index (Phi) is 5.56. The van der Waals surface area contributed by atoms with Gasteiger partial charge in [-0.15, -0.1) is 0 Å². The summed E-state index contributed by atoms with van der Waals surface area (Å²) in [6.45, 7) is 6.01. The van der Waals surface area contributed by atoms with Crippen LogP contribution in [0.3, 0.4) is 0 Å². The number of hydrogen-bond acceptors (Lipinski definition) is 3. The molecule has 3 nitrogen and oxygen atoms in total. The Morgan fingerprint density at radius 3 is 2.90 bits per heavy atom. The summed E-state index contributed by atoms with van der Waals surface area (Å²) in [7, 11) is 0. The first-order valence-corrected chi connectivity index (χ1v) is 7.57. The van der Waals surface area contributed by atoms with Crippen LogP contribution >= 0.6 is 15.9 Å². The molecule has 4 heteroatoms. The monoisotopic (exact) mass is 334 g/mol. The van der Waals surface area contributed by atoms with Gasteiger partial charge in [0.1, 0.15) is 11.5 Å². The number of ether oxygens (including phenoxy) is 1. The average Bonchev–Trinajstić information content (AvgIpc) is 2.44. The largest absolute Gasteiger partial charge is 0.455 e. The van der Waals surface area contributed by atoms with Crippen LogP contribution in [0.2, 0.25) is 0 Å². The Hall–Kier alpha value is -1.39. The highest BCUT2D eigenvalue weighted by Gasteiger charge is 2.04. The summed E-state index contributed by atoms with van der Waals surface area (Å²) >= 11 is 3.46. The highest BCUT2D eigenvalue weighted by molar-refractivity contribution is 9.10. The van der Waals surface area contributed by atoms with Crippen LogP contribution in [0.15, 0.2) is 41.1 Å². The van der Waals surface area contributed by atoms with E-state index < -0.39 is 0 Å². The molecule has 1 aromatic heterocycles. The van der Waals surface area contributed by atoms with Gasteiger partial charge in [-0.3, -0.25) is 4.98 Å². The molecule has 0 saturated carbocycles. The third-order valence-corrected chi connectivity index (χ3v) is 3.40. The van der Waals surface area contributed by atoms with Crippen molar-refractivity contribution in [2.24, 2.45) is 0 Å². The Morgan fingerprint density at radius 2 is 2.10 bits per heavy atom. The summed E-state index contributed by atoms with van der Waals surface area (Å²) in [4.78, 5) is 4.23. The van der Waals surface area contributed by atoms with Crippen molar-refractivity contribution in [2.45, 2.75) is 26.8 Å². The predicted octanol–water partition coefficient (Wildman–Crippen LogP) is 4.44. The molecule has 2 aromatic rings. The SMILES string of the molecule is CCCNCc1cncc(Oc2cc(Br)ccc2C)c1. The van der Waals surface area contributed by atoms with Crippen molar-refractivity contribution in [3.63, 3.8) is 0 Å². The first kappa shape index (κ1) is 15.0. The zero-order valence-corrected chi connectivity index (χ0v) is 13.4. The molecule has 0 aliphatic heterocycles. The predicted molar refractivity (Wildman–Crippen MR) is 85.2 cm³/mol. The van der Waals surface area contributed by atoms with Crippen molar-refractivity contribution in [1.29, 1.82) is 0 Å². The third kappa shape index (κ3) is 4.32. The Morgan fingerprint density at radius 1 is 1.25 bits per heavy atom. The first-order valence-electron chi connectivity index (χ1n) is 6.77. The molecule has 0 aliphatic rings. The Labute approximate surface area is 128 Å². The van der Waals surface area contributed by atoms with Gasteiger partial charge in [0.25, 0.3) is 0 Å². The van der Waals surface area contributed by atoms with E-state index in [-0.39, 0.29) is 0 Å². The topological polar surface area (TPSA) is 34.2 Å². The number of nitrogens with one attached hydrogen (secondary N) is 1. The Bertz CT molecular complexity index is 572. The molecule has 0 radical (unpaired) electrons. The second-order valence-electron chi connectivity index (χ2n) is 4.72. The van der Waals surface area contributed by atoms with Crippen molar-refractivity contribution in [3.8, 4) is 11.5 Å². The molecular weight excluding hydrogens is 316 g/mol. The molecule has 0 atom stereocenters. The van der Waals surface area contributed by atoms with Gasteiger partial charge in [0, 0.05) is 17.2 Å². The van der Waals surface area contributed by atoms with Gasteiger partial charge >= 0.3 is 0 Å². The molecule has 1 aromatic carbocycles. The summed E-state index contributed by atoms with van der Waals surface area (Å²) in [5.41, 5.74) is 2.23. The van der Waals surface area contributed by atoms with Gasteiger partial charge in [0.15, 0.2) is 0 Å². The smallest absolute Gasteiger partial charge is 0.146 e. The van der Waals surface area contributed by atoms with E-state index in [0.717, 1.165) is 46.6 Å². The number of aromatic nitrogens is 1.